The third-order valence-corrected chi connectivity index (χ3v) is 2.44. The molecular weight excluding hydrogens is 219 g/mol. The highest BCUT2D eigenvalue weighted by atomic mass is 35.5. The van der Waals surface area contributed by atoms with Crippen LogP contribution in [0.1, 0.15) is 30.1 Å². The standard InChI is InChI=1S/C10H14N2.2ClH/c1-7-6-9(4-5-12-7)10(11)8-2-3-8;;/h4-6,8,10H,2-3,11H2,1H3;2*1H. The summed E-state index contributed by atoms with van der Waals surface area (Å²) in [6, 6.07) is 4.35. The molecule has 1 aromatic heterocycles. The van der Waals surface area contributed by atoms with Crippen molar-refractivity contribution in [1.82, 2.24) is 4.98 Å². The van der Waals surface area contributed by atoms with E-state index in [4.69, 9.17) is 5.73 Å². The van der Waals surface area contributed by atoms with Gasteiger partial charge in [-0.25, -0.2) is 0 Å². The van der Waals surface area contributed by atoms with Gasteiger partial charge in [0.2, 0.25) is 0 Å². The van der Waals surface area contributed by atoms with E-state index in [0.717, 1.165) is 11.6 Å². The van der Waals surface area contributed by atoms with E-state index in [1.165, 1.54) is 18.4 Å². The Morgan fingerprint density at radius 1 is 1.43 bits per heavy atom. The fourth-order valence-corrected chi connectivity index (χ4v) is 1.50. The first-order valence-electron chi connectivity index (χ1n) is 4.45. The molecule has 4 heteroatoms. The summed E-state index contributed by atoms with van der Waals surface area (Å²) in [6.45, 7) is 2.00. The fraction of sp³-hybridized carbons (Fsp3) is 0.500. The fourth-order valence-electron chi connectivity index (χ4n) is 1.50. The summed E-state index contributed by atoms with van der Waals surface area (Å²) in [6.07, 6.45) is 4.43. The molecule has 2 rings (SSSR count). The summed E-state index contributed by atoms with van der Waals surface area (Å²) in [5.41, 5.74) is 8.34. The van der Waals surface area contributed by atoms with E-state index >= 15 is 0 Å². The average molecular weight is 235 g/mol. The molecule has 1 fully saturated rings. The SMILES string of the molecule is Cc1cc(C(N)C2CC2)ccn1.Cl.Cl. The monoisotopic (exact) mass is 234 g/mol. The van der Waals surface area contributed by atoms with Gasteiger partial charge in [-0.05, 0) is 43.4 Å². The quantitative estimate of drug-likeness (QED) is 0.855. The molecule has 1 aromatic rings. The molecule has 1 unspecified atom stereocenters. The van der Waals surface area contributed by atoms with Gasteiger partial charge < -0.3 is 5.73 Å². The summed E-state index contributed by atoms with van der Waals surface area (Å²) in [7, 11) is 0. The van der Waals surface area contributed by atoms with Gasteiger partial charge >= 0.3 is 0 Å². The minimum atomic E-state index is 0. The molecule has 0 saturated heterocycles. The van der Waals surface area contributed by atoms with E-state index in [2.05, 4.69) is 11.1 Å². The molecule has 0 radical (unpaired) electrons. The highest BCUT2D eigenvalue weighted by Gasteiger charge is 2.29. The summed E-state index contributed by atoms with van der Waals surface area (Å²) in [5, 5.41) is 0. The molecule has 0 bridgehead atoms. The summed E-state index contributed by atoms with van der Waals surface area (Å²) in [5.74, 6) is 0.729. The minimum Gasteiger partial charge on any atom is -0.324 e. The van der Waals surface area contributed by atoms with Crippen molar-refractivity contribution in [3.8, 4) is 0 Å². The molecule has 0 aromatic carbocycles. The Morgan fingerprint density at radius 3 is 2.57 bits per heavy atom. The van der Waals surface area contributed by atoms with Crippen LogP contribution in [0.3, 0.4) is 0 Å². The van der Waals surface area contributed by atoms with Crippen LogP contribution in [0.2, 0.25) is 0 Å². The maximum absolute atomic E-state index is 6.04. The van der Waals surface area contributed by atoms with Crippen LogP contribution in [0.25, 0.3) is 0 Å². The zero-order valence-electron chi connectivity index (χ0n) is 8.14. The number of hydrogen-bond acceptors (Lipinski definition) is 2. The van der Waals surface area contributed by atoms with Gasteiger partial charge in [-0.2, -0.15) is 0 Å². The number of hydrogen-bond donors (Lipinski definition) is 1. The van der Waals surface area contributed by atoms with Crippen molar-refractivity contribution in [3.05, 3.63) is 29.6 Å². The lowest BCUT2D eigenvalue weighted by Crippen LogP contribution is -2.12. The van der Waals surface area contributed by atoms with E-state index < -0.39 is 0 Å². The molecule has 1 aliphatic carbocycles. The topological polar surface area (TPSA) is 38.9 Å². The Balaban J connectivity index is 0.000000845. The highest BCUT2D eigenvalue weighted by molar-refractivity contribution is 5.85. The second-order valence-electron chi connectivity index (χ2n) is 3.59. The number of rotatable bonds is 2. The van der Waals surface area contributed by atoms with Crippen LogP contribution >= 0.6 is 24.8 Å². The number of aryl methyl sites for hydroxylation is 1. The maximum Gasteiger partial charge on any atom is 0.0375 e. The Hall–Kier alpha value is -0.310. The first-order chi connectivity index (χ1) is 5.77. The van der Waals surface area contributed by atoms with Crippen LogP contribution in [0, 0.1) is 12.8 Å². The zero-order valence-corrected chi connectivity index (χ0v) is 9.78. The second kappa shape index (κ2) is 5.54. The summed E-state index contributed by atoms with van der Waals surface area (Å²) >= 11 is 0. The van der Waals surface area contributed by atoms with Crippen molar-refractivity contribution in [2.24, 2.45) is 11.7 Å². The molecular formula is C10H16Cl2N2. The van der Waals surface area contributed by atoms with Crippen molar-refractivity contribution in [2.75, 3.05) is 0 Å². The predicted octanol–water partition coefficient (Wildman–Crippen LogP) is 2.64. The largest absolute Gasteiger partial charge is 0.324 e. The van der Waals surface area contributed by atoms with E-state index in [0.29, 0.717) is 0 Å². The maximum atomic E-state index is 6.04. The normalized spacial score (nSPS) is 16.4. The van der Waals surface area contributed by atoms with Crippen LogP contribution in [-0.4, -0.2) is 4.98 Å². The number of nitrogens with zero attached hydrogens (tertiary/aromatic N) is 1. The van der Waals surface area contributed by atoms with Crippen molar-refractivity contribution in [2.45, 2.75) is 25.8 Å². The Labute approximate surface area is 97.1 Å². The molecule has 2 N–H and O–H groups in total. The number of pyridine rings is 1. The lowest BCUT2D eigenvalue weighted by atomic mass is 10.0. The highest BCUT2D eigenvalue weighted by Crippen LogP contribution is 2.39. The molecule has 80 valence electrons. The minimum absolute atomic E-state index is 0. The van der Waals surface area contributed by atoms with Crippen LogP contribution in [0.15, 0.2) is 18.3 Å². The van der Waals surface area contributed by atoms with E-state index in [1.807, 2.05) is 19.2 Å². The Bertz CT molecular complexity index is 287. The van der Waals surface area contributed by atoms with Gasteiger partial charge in [0.15, 0.2) is 0 Å². The summed E-state index contributed by atoms with van der Waals surface area (Å²) in [4.78, 5) is 4.15. The van der Waals surface area contributed by atoms with Gasteiger partial charge in [0, 0.05) is 17.9 Å². The average Bonchev–Trinajstić information content (AvgIpc) is 2.85. The van der Waals surface area contributed by atoms with E-state index in [-0.39, 0.29) is 30.9 Å². The predicted molar refractivity (Wildman–Crippen MR) is 63.1 cm³/mol. The molecule has 0 amide bonds. The Kier molecular flexibility index (Phi) is 5.42. The van der Waals surface area contributed by atoms with Gasteiger partial charge in [-0.3, -0.25) is 4.98 Å². The lowest BCUT2D eigenvalue weighted by molar-refractivity contribution is 0.632. The van der Waals surface area contributed by atoms with Gasteiger partial charge in [0.05, 0.1) is 0 Å². The molecule has 1 aliphatic rings. The third kappa shape index (κ3) is 3.12. The molecule has 2 nitrogen and oxygen atoms in total. The van der Waals surface area contributed by atoms with E-state index in [9.17, 15) is 0 Å². The van der Waals surface area contributed by atoms with Crippen LogP contribution < -0.4 is 5.73 Å². The zero-order chi connectivity index (χ0) is 8.55. The van der Waals surface area contributed by atoms with Gasteiger partial charge in [0.1, 0.15) is 0 Å². The van der Waals surface area contributed by atoms with Crippen molar-refractivity contribution in [3.63, 3.8) is 0 Å². The van der Waals surface area contributed by atoms with Crippen LogP contribution in [0.4, 0.5) is 0 Å². The number of nitrogens with two attached hydrogens (primary N) is 1. The molecule has 0 spiro atoms. The first kappa shape index (κ1) is 13.7. The number of halogens is 2. The van der Waals surface area contributed by atoms with Crippen molar-refractivity contribution in [1.29, 1.82) is 0 Å². The van der Waals surface area contributed by atoms with Gasteiger partial charge in [-0.15, -0.1) is 24.8 Å². The van der Waals surface area contributed by atoms with Crippen molar-refractivity contribution < 1.29 is 0 Å². The summed E-state index contributed by atoms with van der Waals surface area (Å²) < 4.78 is 0. The molecule has 0 aliphatic heterocycles. The molecule has 1 saturated carbocycles. The van der Waals surface area contributed by atoms with Gasteiger partial charge in [-0.1, -0.05) is 0 Å². The second-order valence-corrected chi connectivity index (χ2v) is 3.59. The Morgan fingerprint density at radius 2 is 2.07 bits per heavy atom. The lowest BCUT2D eigenvalue weighted by Gasteiger charge is -2.10. The third-order valence-electron chi connectivity index (χ3n) is 2.44. The van der Waals surface area contributed by atoms with Crippen LogP contribution in [0.5, 0.6) is 0 Å². The van der Waals surface area contributed by atoms with Crippen LogP contribution in [-0.2, 0) is 0 Å². The molecule has 1 atom stereocenters. The van der Waals surface area contributed by atoms with E-state index in [1.54, 1.807) is 0 Å². The molecule has 1 heterocycles. The smallest absolute Gasteiger partial charge is 0.0375 e. The molecule has 14 heavy (non-hydrogen) atoms. The number of aromatic nitrogens is 1. The van der Waals surface area contributed by atoms with Crippen molar-refractivity contribution >= 4 is 24.8 Å². The van der Waals surface area contributed by atoms with Gasteiger partial charge in [0.25, 0.3) is 0 Å². The first-order valence-corrected chi connectivity index (χ1v) is 4.45.